The lowest BCUT2D eigenvalue weighted by Gasteiger charge is -2.18. The highest BCUT2D eigenvalue weighted by molar-refractivity contribution is 6.33. The van der Waals surface area contributed by atoms with Gasteiger partial charge in [0.2, 0.25) is 0 Å². The van der Waals surface area contributed by atoms with Crippen LogP contribution in [0.2, 0.25) is 5.02 Å². The van der Waals surface area contributed by atoms with Gasteiger partial charge in [-0.3, -0.25) is 0 Å². The summed E-state index contributed by atoms with van der Waals surface area (Å²) >= 11 is 6.11. The predicted molar refractivity (Wildman–Crippen MR) is 69.1 cm³/mol. The number of carbonyl (C=O) groups is 1. The van der Waals surface area contributed by atoms with Crippen LogP contribution in [0.3, 0.4) is 0 Å². The maximum atomic E-state index is 11.6. The largest absolute Gasteiger partial charge is 0.495 e. The topological polar surface area (TPSA) is 55.8 Å². The lowest BCUT2D eigenvalue weighted by Crippen LogP contribution is -2.17. The van der Waals surface area contributed by atoms with E-state index in [-0.39, 0.29) is 6.61 Å². The van der Waals surface area contributed by atoms with E-state index in [1.54, 1.807) is 26.8 Å². The minimum absolute atomic E-state index is 0.220. The predicted octanol–water partition coefficient (Wildman–Crippen LogP) is 2.56. The zero-order valence-corrected chi connectivity index (χ0v) is 11.7. The van der Waals surface area contributed by atoms with Crippen LogP contribution in [0.4, 0.5) is 0 Å². The molecular weight excluding hydrogens is 256 g/mol. The second kappa shape index (κ2) is 6.07. The molecule has 4 nitrogen and oxygen atoms in total. The van der Waals surface area contributed by atoms with Crippen molar-refractivity contribution in [2.75, 3.05) is 13.7 Å². The Kier molecular flexibility index (Phi) is 4.99. The average Bonchev–Trinajstić information content (AvgIpc) is 2.34. The van der Waals surface area contributed by atoms with E-state index in [0.29, 0.717) is 21.9 Å². The highest BCUT2D eigenvalue weighted by atomic mass is 35.5. The molecule has 18 heavy (non-hydrogen) atoms. The van der Waals surface area contributed by atoms with Gasteiger partial charge in [0.25, 0.3) is 0 Å². The molecule has 0 saturated heterocycles. The summed E-state index contributed by atoms with van der Waals surface area (Å²) in [7, 11) is 1.52. The van der Waals surface area contributed by atoms with Gasteiger partial charge in [0.15, 0.2) is 6.10 Å². The maximum Gasteiger partial charge on any atom is 0.339 e. The van der Waals surface area contributed by atoms with Crippen molar-refractivity contribution in [3.8, 4) is 5.75 Å². The molecule has 0 spiro atoms. The summed E-state index contributed by atoms with van der Waals surface area (Å²) in [5.74, 6) is -0.156. The minimum atomic E-state index is -1.33. The fourth-order valence-electron chi connectivity index (χ4n) is 1.84. The summed E-state index contributed by atoms with van der Waals surface area (Å²) in [6, 6.07) is 1.69. The van der Waals surface area contributed by atoms with Crippen LogP contribution < -0.4 is 4.74 Å². The van der Waals surface area contributed by atoms with Crippen molar-refractivity contribution in [3.63, 3.8) is 0 Å². The molecule has 5 heteroatoms. The molecular formula is C13H17ClO4. The number of carbonyl (C=O) groups excluding carboxylic acids is 1. The molecule has 0 amide bonds. The molecule has 1 rings (SSSR count). The first kappa shape index (κ1) is 14.8. The molecule has 0 aliphatic heterocycles. The van der Waals surface area contributed by atoms with Crippen molar-refractivity contribution in [1.29, 1.82) is 0 Å². The Morgan fingerprint density at radius 2 is 2.11 bits per heavy atom. The molecule has 0 bridgehead atoms. The first-order chi connectivity index (χ1) is 8.43. The number of aliphatic hydroxyl groups is 1. The van der Waals surface area contributed by atoms with E-state index in [2.05, 4.69) is 0 Å². The van der Waals surface area contributed by atoms with Crippen molar-refractivity contribution < 1.29 is 19.4 Å². The summed E-state index contributed by atoms with van der Waals surface area (Å²) in [5, 5.41) is 10.4. The third kappa shape index (κ3) is 2.76. The van der Waals surface area contributed by atoms with Gasteiger partial charge in [-0.2, -0.15) is 0 Å². The normalized spacial score (nSPS) is 12.1. The van der Waals surface area contributed by atoms with E-state index in [1.165, 1.54) is 7.11 Å². The number of aryl methyl sites for hydroxylation is 1. The van der Waals surface area contributed by atoms with Crippen LogP contribution in [0.15, 0.2) is 6.07 Å². The van der Waals surface area contributed by atoms with Crippen molar-refractivity contribution in [1.82, 2.24) is 0 Å². The van der Waals surface area contributed by atoms with E-state index in [9.17, 15) is 9.90 Å². The number of rotatable bonds is 4. The molecule has 1 unspecified atom stereocenters. The number of methoxy groups -OCH3 is 1. The smallest absolute Gasteiger partial charge is 0.339 e. The first-order valence-electron chi connectivity index (χ1n) is 5.62. The summed E-state index contributed by atoms with van der Waals surface area (Å²) < 4.78 is 9.92. The molecule has 1 aromatic carbocycles. The average molecular weight is 273 g/mol. The minimum Gasteiger partial charge on any atom is -0.495 e. The summed E-state index contributed by atoms with van der Waals surface area (Å²) in [4.78, 5) is 11.6. The molecule has 0 radical (unpaired) electrons. The molecule has 0 aromatic heterocycles. The second-order valence-corrected chi connectivity index (χ2v) is 4.28. The lowest BCUT2D eigenvalue weighted by atomic mass is 9.97. The Morgan fingerprint density at radius 3 is 2.61 bits per heavy atom. The monoisotopic (exact) mass is 272 g/mol. The molecule has 1 aromatic rings. The molecule has 0 saturated carbocycles. The van der Waals surface area contributed by atoms with Gasteiger partial charge in [-0.05, 0) is 43.5 Å². The zero-order chi connectivity index (χ0) is 13.9. The Labute approximate surface area is 111 Å². The summed E-state index contributed by atoms with van der Waals surface area (Å²) in [5.41, 5.74) is 1.82. The number of ether oxygens (including phenoxy) is 2. The Hall–Kier alpha value is -1.26. The van der Waals surface area contributed by atoms with Crippen molar-refractivity contribution in [3.05, 3.63) is 27.8 Å². The van der Waals surface area contributed by atoms with Gasteiger partial charge in [-0.15, -0.1) is 0 Å². The van der Waals surface area contributed by atoms with Gasteiger partial charge in [-0.1, -0.05) is 11.6 Å². The van der Waals surface area contributed by atoms with E-state index in [4.69, 9.17) is 21.1 Å². The summed E-state index contributed by atoms with van der Waals surface area (Å²) in [6.45, 7) is 5.42. The molecule has 1 atom stereocenters. The van der Waals surface area contributed by atoms with Gasteiger partial charge >= 0.3 is 5.97 Å². The molecule has 0 fully saturated rings. The first-order valence-corrected chi connectivity index (χ1v) is 6.00. The second-order valence-electron chi connectivity index (χ2n) is 3.90. The number of halogens is 1. The third-order valence-electron chi connectivity index (χ3n) is 2.73. The van der Waals surface area contributed by atoms with Crippen LogP contribution in [0.1, 0.15) is 29.7 Å². The SMILES string of the molecule is CCOC(=O)C(O)c1c(C)cc(OC)c(Cl)c1C. The number of benzene rings is 1. The van der Waals surface area contributed by atoms with E-state index < -0.39 is 12.1 Å². The van der Waals surface area contributed by atoms with Crippen LogP contribution in [-0.4, -0.2) is 24.8 Å². The molecule has 0 aliphatic rings. The summed E-state index contributed by atoms with van der Waals surface area (Å²) in [6.07, 6.45) is -1.33. The quantitative estimate of drug-likeness (QED) is 0.856. The molecule has 0 aliphatic carbocycles. The van der Waals surface area contributed by atoms with Crippen LogP contribution >= 0.6 is 11.6 Å². The van der Waals surface area contributed by atoms with E-state index in [1.807, 2.05) is 0 Å². The van der Waals surface area contributed by atoms with Crippen LogP contribution in [0, 0.1) is 13.8 Å². The fourth-order valence-corrected chi connectivity index (χ4v) is 2.08. The number of aliphatic hydroxyl groups excluding tert-OH is 1. The maximum absolute atomic E-state index is 11.6. The zero-order valence-electron chi connectivity index (χ0n) is 10.9. The van der Waals surface area contributed by atoms with Gasteiger partial charge in [0, 0.05) is 0 Å². The number of hydrogen-bond donors (Lipinski definition) is 1. The molecule has 100 valence electrons. The molecule has 0 heterocycles. The van der Waals surface area contributed by atoms with Crippen molar-refractivity contribution in [2.24, 2.45) is 0 Å². The van der Waals surface area contributed by atoms with Crippen LogP contribution in [0.5, 0.6) is 5.75 Å². The highest BCUT2D eigenvalue weighted by Gasteiger charge is 2.25. The Balaban J connectivity index is 3.25. The standard InChI is InChI=1S/C13H17ClO4/c1-5-18-13(16)12(15)10-7(2)6-9(17-4)11(14)8(10)3/h6,12,15H,5H2,1-4H3. The fraction of sp³-hybridized carbons (Fsp3) is 0.462. The number of hydrogen-bond acceptors (Lipinski definition) is 4. The van der Waals surface area contributed by atoms with Crippen LogP contribution in [-0.2, 0) is 9.53 Å². The van der Waals surface area contributed by atoms with Crippen molar-refractivity contribution in [2.45, 2.75) is 26.9 Å². The van der Waals surface area contributed by atoms with Gasteiger partial charge < -0.3 is 14.6 Å². The lowest BCUT2D eigenvalue weighted by molar-refractivity contribution is -0.153. The van der Waals surface area contributed by atoms with E-state index >= 15 is 0 Å². The highest BCUT2D eigenvalue weighted by Crippen LogP contribution is 2.35. The number of esters is 1. The van der Waals surface area contributed by atoms with Gasteiger partial charge in [0.05, 0.1) is 18.7 Å². The van der Waals surface area contributed by atoms with E-state index in [0.717, 1.165) is 5.56 Å². The van der Waals surface area contributed by atoms with Gasteiger partial charge in [0.1, 0.15) is 5.75 Å². The molecule has 1 N–H and O–H groups in total. The Bertz CT molecular complexity index is 457. The third-order valence-corrected chi connectivity index (χ3v) is 3.19. The Morgan fingerprint density at radius 1 is 1.50 bits per heavy atom. The van der Waals surface area contributed by atoms with Gasteiger partial charge in [-0.25, -0.2) is 4.79 Å². The van der Waals surface area contributed by atoms with Crippen LogP contribution in [0.25, 0.3) is 0 Å². The van der Waals surface area contributed by atoms with Crippen molar-refractivity contribution >= 4 is 17.6 Å².